The fourth-order valence-electron chi connectivity index (χ4n) is 3.93. The van der Waals surface area contributed by atoms with Crippen LogP contribution in [0.3, 0.4) is 0 Å². The van der Waals surface area contributed by atoms with Crippen molar-refractivity contribution >= 4 is 33.9 Å². The molecule has 5 nitrogen and oxygen atoms in total. The van der Waals surface area contributed by atoms with Gasteiger partial charge in [-0.25, -0.2) is 0 Å². The van der Waals surface area contributed by atoms with Crippen LogP contribution in [0.25, 0.3) is 10.9 Å². The highest BCUT2D eigenvalue weighted by Crippen LogP contribution is 2.36. The van der Waals surface area contributed by atoms with Crippen molar-refractivity contribution in [3.8, 4) is 24.5 Å². The van der Waals surface area contributed by atoms with Crippen molar-refractivity contribution in [2.75, 3.05) is 10.6 Å². The van der Waals surface area contributed by atoms with Gasteiger partial charge in [-0.1, -0.05) is 66.9 Å². The number of halogens is 1. The van der Waals surface area contributed by atoms with E-state index in [2.05, 4.69) is 40.6 Å². The summed E-state index contributed by atoms with van der Waals surface area (Å²) in [6.45, 7) is 2.07. The number of benzene rings is 3. The Bertz CT molecular complexity index is 1550. The number of hydrogen-bond donors (Lipinski definition) is 2. The summed E-state index contributed by atoms with van der Waals surface area (Å²) >= 11 is 6.61. The standard InChI is InChI=1S/C29H22ClN5/c1-3-26(20-10-6-5-7-11-20)35-28-22(17-32)18-33-29-24(28)14-23(15-25(29)30)34-27(4-2)21-12-8-9-19(13-21)16-31/h2,5-15,18,26-27,34H,3H2,1H3,(H,33,35)/t26-,27-/m1/s1/i27D. The van der Waals surface area contributed by atoms with Crippen LogP contribution in [0.5, 0.6) is 0 Å². The summed E-state index contributed by atoms with van der Waals surface area (Å²) in [7, 11) is 0. The lowest BCUT2D eigenvalue weighted by Crippen LogP contribution is -2.12. The lowest BCUT2D eigenvalue weighted by atomic mass is 10.0. The Morgan fingerprint density at radius 3 is 2.49 bits per heavy atom. The maximum absolute atomic E-state index is 9.83. The van der Waals surface area contributed by atoms with Crippen LogP contribution in [0.4, 0.5) is 11.4 Å². The first kappa shape index (κ1) is 22.3. The summed E-state index contributed by atoms with van der Waals surface area (Å²) in [5.41, 5.74) is 3.91. The molecule has 35 heavy (non-hydrogen) atoms. The Hall–Kier alpha value is -4.50. The number of rotatable bonds is 7. The molecule has 0 radical (unpaired) electrons. The van der Waals surface area contributed by atoms with Crippen molar-refractivity contribution in [3.63, 3.8) is 0 Å². The molecule has 0 bridgehead atoms. The number of fused-ring (bicyclic) bond motifs is 1. The van der Waals surface area contributed by atoms with Crippen LogP contribution in [-0.2, 0) is 0 Å². The summed E-state index contributed by atoms with van der Waals surface area (Å²) < 4.78 is 8.90. The van der Waals surface area contributed by atoms with Crippen LogP contribution in [0, 0.1) is 35.0 Å². The molecule has 0 aliphatic heterocycles. The van der Waals surface area contributed by atoms with Gasteiger partial charge in [-0.2, -0.15) is 10.5 Å². The SMILES string of the molecule is [2H][C@](C#C)(Nc1cc(Cl)c2ncc(C#N)c(N[C@H](CC)c3ccccc3)c2c1)c1cccc(C#N)c1. The van der Waals surface area contributed by atoms with Gasteiger partial charge in [-0.3, -0.25) is 4.98 Å². The van der Waals surface area contributed by atoms with Crippen LogP contribution < -0.4 is 10.6 Å². The molecule has 0 amide bonds. The monoisotopic (exact) mass is 476 g/mol. The van der Waals surface area contributed by atoms with Gasteiger partial charge in [0.2, 0.25) is 0 Å². The van der Waals surface area contributed by atoms with Crippen molar-refractivity contribution in [3.05, 3.63) is 100 Å². The minimum absolute atomic E-state index is 0.0472. The number of nitrogens with zero attached hydrogens (tertiary/aromatic N) is 3. The molecule has 0 fully saturated rings. The molecule has 4 aromatic rings. The highest BCUT2D eigenvalue weighted by molar-refractivity contribution is 6.35. The molecular formula is C29H22ClN5. The summed E-state index contributed by atoms with van der Waals surface area (Å²) in [4.78, 5) is 4.41. The van der Waals surface area contributed by atoms with E-state index in [4.69, 9.17) is 19.4 Å². The van der Waals surface area contributed by atoms with Crippen molar-refractivity contribution in [1.29, 1.82) is 10.5 Å². The third-order valence-corrected chi connectivity index (χ3v) is 5.96. The van der Waals surface area contributed by atoms with Gasteiger partial charge in [0.1, 0.15) is 12.1 Å². The molecule has 2 N–H and O–H groups in total. The third kappa shape index (κ3) is 5.04. The molecule has 3 aromatic carbocycles. The van der Waals surface area contributed by atoms with Crippen LogP contribution in [-0.4, -0.2) is 4.98 Å². The van der Waals surface area contributed by atoms with Gasteiger partial charge in [-0.15, -0.1) is 6.42 Å². The number of nitriles is 2. The Balaban J connectivity index is 1.82. The van der Waals surface area contributed by atoms with E-state index in [-0.39, 0.29) is 6.04 Å². The van der Waals surface area contributed by atoms with E-state index in [1.807, 2.05) is 30.3 Å². The first-order valence-corrected chi connectivity index (χ1v) is 11.4. The summed E-state index contributed by atoms with van der Waals surface area (Å²) in [6.07, 6.45) is 8.06. The van der Waals surface area contributed by atoms with Gasteiger partial charge in [-0.05, 0) is 41.8 Å². The second-order valence-electron chi connectivity index (χ2n) is 7.87. The Labute approximate surface area is 211 Å². The Kier molecular flexibility index (Phi) is 6.77. The highest BCUT2D eigenvalue weighted by atomic mass is 35.5. The van der Waals surface area contributed by atoms with E-state index in [9.17, 15) is 10.5 Å². The Morgan fingerprint density at radius 1 is 1.03 bits per heavy atom. The lowest BCUT2D eigenvalue weighted by molar-refractivity contribution is 0.750. The number of nitrogens with one attached hydrogen (secondary N) is 2. The number of pyridine rings is 1. The molecular weight excluding hydrogens is 454 g/mol. The molecule has 4 rings (SSSR count). The first-order valence-electron chi connectivity index (χ1n) is 11.5. The molecule has 0 unspecified atom stereocenters. The molecule has 0 aliphatic rings. The fourth-order valence-corrected chi connectivity index (χ4v) is 4.20. The van der Waals surface area contributed by atoms with Crippen molar-refractivity contribution in [1.82, 2.24) is 4.98 Å². The minimum Gasteiger partial charge on any atom is -0.377 e. The smallest absolute Gasteiger partial charge is 0.113 e. The molecule has 1 aromatic heterocycles. The van der Waals surface area contributed by atoms with Crippen LogP contribution in [0.1, 0.15) is 49.0 Å². The fraction of sp³-hybridized carbons (Fsp3) is 0.138. The highest BCUT2D eigenvalue weighted by Gasteiger charge is 2.18. The van der Waals surface area contributed by atoms with Gasteiger partial charge < -0.3 is 10.6 Å². The molecule has 0 saturated heterocycles. The van der Waals surface area contributed by atoms with Gasteiger partial charge in [0.05, 0.1) is 40.8 Å². The maximum Gasteiger partial charge on any atom is 0.113 e. The zero-order chi connectivity index (χ0) is 25.7. The van der Waals surface area contributed by atoms with E-state index in [1.54, 1.807) is 36.4 Å². The van der Waals surface area contributed by atoms with Gasteiger partial charge >= 0.3 is 0 Å². The van der Waals surface area contributed by atoms with Crippen LogP contribution >= 0.6 is 11.6 Å². The first-order chi connectivity index (χ1) is 17.4. The van der Waals surface area contributed by atoms with Crippen molar-refractivity contribution in [2.24, 2.45) is 0 Å². The minimum atomic E-state index is -1.66. The van der Waals surface area contributed by atoms with E-state index >= 15 is 0 Å². The zero-order valence-electron chi connectivity index (χ0n) is 20.0. The van der Waals surface area contributed by atoms with E-state index in [0.717, 1.165) is 12.0 Å². The predicted molar refractivity (Wildman–Crippen MR) is 141 cm³/mol. The zero-order valence-corrected chi connectivity index (χ0v) is 19.8. The van der Waals surface area contributed by atoms with Crippen LogP contribution in [0.2, 0.25) is 5.02 Å². The maximum atomic E-state index is 9.83. The molecule has 170 valence electrons. The van der Waals surface area contributed by atoms with E-state index < -0.39 is 6.02 Å². The third-order valence-electron chi connectivity index (χ3n) is 5.67. The molecule has 6 heteroatoms. The predicted octanol–water partition coefficient (Wildman–Crippen LogP) is 6.98. The summed E-state index contributed by atoms with van der Waals surface area (Å²) in [5.74, 6) is 2.48. The largest absolute Gasteiger partial charge is 0.377 e. The normalized spacial score (nSPS) is 13.4. The average Bonchev–Trinajstić information content (AvgIpc) is 2.92. The molecule has 0 spiro atoms. The molecule has 0 saturated carbocycles. The Morgan fingerprint density at radius 2 is 1.80 bits per heavy atom. The summed E-state index contributed by atoms with van der Waals surface area (Å²) in [5, 5.41) is 26.6. The van der Waals surface area contributed by atoms with Crippen molar-refractivity contribution in [2.45, 2.75) is 25.4 Å². The second kappa shape index (κ2) is 10.6. The summed E-state index contributed by atoms with van der Waals surface area (Å²) in [6, 6.07) is 22.6. The second-order valence-corrected chi connectivity index (χ2v) is 8.27. The molecule has 0 aliphatic carbocycles. The van der Waals surface area contributed by atoms with Crippen molar-refractivity contribution < 1.29 is 1.37 Å². The molecule has 2 atom stereocenters. The number of aromatic nitrogens is 1. The van der Waals surface area contributed by atoms with Crippen LogP contribution in [0.15, 0.2) is 72.9 Å². The van der Waals surface area contributed by atoms with Gasteiger partial charge in [0.15, 0.2) is 0 Å². The lowest BCUT2D eigenvalue weighted by Gasteiger charge is -2.22. The number of anilines is 2. The van der Waals surface area contributed by atoms with E-state index in [0.29, 0.717) is 44.0 Å². The van der Waals surface area contributed by atoms with Gasteiger partial charge in [0, 0.05) is 17.3 Å². The van der Waals surface area contributed by atoms with E-state index in [1.165, 1.54) is 6.20 Å². The number of terminal acetylenes is 1. The molecule has 1 heterocycles. The number of hydrogen-bond acceptors (Lipinski definition) is 5. The average molecular weight is 477 g/mol. The topological polar surface area (TPSA) is 84.5 Å². The van der Waals surface area contributed by atoms with Gasteiger partial charge in [0.25, 0.3) is 0 Å². The quantitative estimate of drug-likeness (QED) is 0.281.